The van der Waals surface area contributed by atoms with E-state index in [0.717, 1.165) is 22.3 Å². The number of carbonyl (C=O) groups excluding carboxylic acids is 2. The molecule has 0 unspecified atom stereocenters. The zero-order valence-corrected chi connectivity index (χ0v) is 19.7. The zero-order valence-electron chi connectivity index (χ0n) is 19.7. The van der Waals surface area contributed by atoms with Gasteiger partial charge in [-0.05, 0) is 28.2 Å². The minimum Gasteiger partial charge on any atom is -0.445 e. The van der Waals surface area contributed by atoms with Crippen molar-refractivity contribution < 1.29 is 19.1 Å². The zero-order chi connectivity index (χ0) is 24.2. The van der Waals surface area contributed by atoms with Crippen molar-refractivity contribution in [2.45, 2.75) is 46.3 Å². The molecule has 0 aliphatic heterocycles. The number of ether oxygens (including phenoxy) is 2. The quantitative estimate of drug-likeness (QED) is 0.424. The van der Waals surface area contributed by atoms with Gasteiger partial charge in [-0.1, -0.05) is 98.8 Å². The van der Waals surface area contributed by atoms with Gasteiger partial charge in [0, 0.05) is 6.54 Å². The highest BCUT2D eigenvalue weighted by molar-refractivity contribution is 5.85. The van der Waals surface area contributed by atoms with Gasteiger partial charge in [0.15, 0.2) is 0 Å². The van der Waals surface area contributed by atoms with Gasteiger partial charge in [0.2, 0.25) is 5.91 Å². The highest BCUT2D eigenvalue weighted by atomic mass is 16.5. The number of hydrogen-bond donors (Lipinski definition) is 2. The van der Waals surface area contributed by atoms with Crippen LogP contribution in [0.25, 0.3) is 0 Å². The summed E-state index contributed by atoms with van der Waals surface area (Å²) in [6.07, 6.45) is -0.615. The van der Waals surface area contributed by atoms with Gasteiger partial charge >= 0.3 is 6.09 Å². The molecule has 178 valence electrons. The molecule has 34 heavy (non-hydrogen) atoms. The Morgan fingerprint density at radius 1 is 0.735 bits per heavy atom. The predicted molar refractivity (Wildman–Crippen MR) is 132 cm³/mol. The maximum Gasteiger partial charge on any atom is 0.408 e. The fraction of sp³-hybridized carbons (Fsp3) is 0.286. The highest BCUT2D eigenvalue weighted by Crippen LogP contribution is 2.10. The summed E-state index contributed by atoms with van der Waals surface area (Å²) in [7, 11) is 0. The first-order chi connectivity index (χ1) is 16.5. The van der Waals surface area contributed by atoms with E-state index in [1.54, 1.807) is 0 Å². The van der Waals surface area contributed by atoms with Crippen molar-refractivity contribution >= 4 is 12.0 Å². The number of hydrogen-bond acceptors (Lipinski definition) is 4. The van der Waals surface area contributed by atoms with Gasteiger partial charge in [0.1, 0.15) is 12.6 Å². The van der Waals surface area contributed by atoms with Crippen LogP contribution in [0.4, 0.5) is 4.79 Å². The van der Waals surface area contributed by atoms with E-state index in [2.05, 4.69) is 10.6 Å². The van der Waals surface area contributed by atoms with Crippen LogP contribution in [-0.4, -0.2) is 18.0 Å². The maximum atomic E-state index is 12.8. The first-order valence-corrected chi connectivity index (χ1v) is 11.5. The smallest absolute Gasteiger partial charge is 0.408 e. The molecule has 0 aromatic heterocycles. The van der Waals surface area contributed by atoms with E-state index in [1.165, 1.54) is 0 Å². The second kappa shape index (κ2) is 13.2. The van der Waals surface area contributed by atoms with Crippen LogP contribution in [0.5, 0.6) is 0 Å². The maximum absolute atomic E-state index is 12.8. The van der Waals surface area contributed by atoms with Crippen LogP contribution in [-0.2, 0) is 40.6 Å². The molecule has 0 fully saturated rings. The molecule has 1 atom stereocenters. The molecule has 0 saturated heterocycles. The average molecular weight is 461 g/mol. The summed E-state index contributed by atoms with van der Waals surface area (Å²) >= 11 is 0. The Labute approximate surface area is 201 Å². The summed E-state index contributed by atoms with van der Waals surface area (Å²) in [5.74, 6) is -0.348. The first-order valence-electron chi connectivity index (χ1n) is 11.5. The standard InChI is InChI=1S/C28H32N2O4/c1-21(2)26(30-28(32)34-20-23-12-7-4-8-13-23)27(31)29-17-24-14-9-15-25(16-24)19-33-18-22-10-5-3-6-11-22/h3-16,21,26H,17-20H2,1-2H3,(H,29,31)(H,30,32)/t26-/m0/s1. The Morgan fingerprint density at radius 2 is 1.29 bits per heavy atom. The SMILES string of the molecule is CC(C)[C@H](NC(=O)OCc1ccccc1)C(=O)NCc1cccc(COCc2ccccc2)c1. The third-order valence-electron chi connectivity index (χ3n) is 5.27. The monoisotopic (exact) mass is 460 g/mol. The predicted octanol–water partition coefficient (Wildman–Crippen LogP) is 4.97. The Bertz CT molecular complexity index is 1040. The normalized spacial score (nSPS) is 11.6. The van der Waals surface area contributed by atoms with Crippen molar-refractivity contribution in [3.05, 3.63) is 107 Å². The van der Waals surface area contributed by atoms with Crippen LogP contribution in [0.3, 0.4) is 0 Å². The summed E-state index contributed by atoms with van der Waals surface area (Å²) in [6, 6.07) is 26.6. The molecule has 3 rings (SSSR count). The average Bonchev–Trinajstić information content (AvgIpc) is 2.86. The summed E-state index contributed by atoms with van der Waals surface area (Å²) < 4.78 is 11.1. The van der Waals surface area contributed by atoms with Crippen molar-refractivity contribution in [2.75, 3.05) is 0 Å². The number of rotatable bonds is 11. The van der Waals surface area contributed by atoms with Gasteiger partial charge < -0.3 is 20.1 Å². The largest absolute Gasteiger partial charge is 0.445 e. The number of carbonyl (C=O) groups is 2. The fourth-order valence-electron chi connectivity index (χ4n) is 3.42. The van der Waals surface area contributed by atoms with E-state index in [0.29, 0.717) is 19.8 Å². The van der Waals surface area contributed by atoms with E-state index in [1.807, 2.05) is 98.8 Å². The molecular formula is C28H32N2O4. The lowest BCUT2D eigenvalue weighted by Crippen LogP contribution is -2.49. The molecule has 2 N–H and O–H groups in total. The summed E-state index contributed by atoms with van der Waals surface area (Å²) in [6.45, 7) is 5.30. The van der Waals surface area contributed by atoms with Crippen LogP contribution >= 0.6 is 0 Å². The highest BCUT2D eigenvalue weighted by Gasteiger charge is 2.24. The lowest BCUT2D eigenvalue weighted by atomic mass is 10.0. The second-order valence-electron chi connectivity index (χ2n) is 8.44. The lowest BCUT2D eigenvalue weighted by Gasteiger charge is -2.21. The van der Waals surface area contributed by atoms with Gasteiger partial charge in [0.05, 0.1) is 13.2 Å². The number of nitrogens with one attached hydrogen (secondary N) is 2. The topological polar surface area (TPSA) is 76.7 Å². The van der Waals surface area contributed by atoms with Gasteiger partial charge in [-0.25, -0.2) is 4.79 Å². The molecule has 2 amide bonds. The molecule has 6 nitrogen and oxygen atoms in total. The van der Waals surface area contributed by atoms with Crippen molar-refractivity contribution in [3.8, 4) is 0 Å². The molecule has 3 aromatic rings. The summed E-state index contributed by atoms with van der Waals surface area (Å²) in [5.41, 5.74) is 4.00. The van der Waals surface area contributed by atoms with Gasteiger partial charge in [-0.3, -0.25) is 4.79 Å². The van der Waals surface area contributed by atoms with E-state index in [-0.39, 0.29) is 18.4 Å². The van der Waals surface area contributed by atoms with Crippen LogP contribution < -0.4 is 10.6 Å². The summed E-state index contributed by atoms with van der Waals surface area (Å²) in [4.78, 5) is 25.0. The third-order valence-corrected chi connectivity index (χ3v) is 5.27. The lowest BCUT2D eigenvalue weighted by molar-refractivity contribution is -0.124. The van der Waals surface area contributed by atoms with Gasteiger partial charge in [0.25, 0.3) is 0 Å². The van der Waals surface area contributed by atoms with E-state index < -0.39 is 12.1 Å². The van der Waals surface area contributed by atoms with Gasteiger partial charge in [-0.2, -0.15) is 0 Å². The second-order valence-corrected chi connectivity index (χ2v) is 8.44. The van der Waals surface area contributed by atoms with Crippen LogP contribution in [0.1, 0.15) is 36.1 Å². The molecule has 3 aromatic carbocycles. The number of amides is 2. The molecule has 0 radical (unpaired) electrons. The van der Waals surface area contributed by atoms with E-state index >= 15 is 0 Å². The summed E-state index contributed by atoms with van der Waals surface area (Å²) in [5, 5.41) is 5.60. The Morgan fingerprint density at radius 3 is 1.94 bits per heavy atom. The van der Waals surface area contributed by atoms with Crippen molar-refractivity contribution in [1.82, 2.24) is 10.6 Å². The molecule has 0 aliphatic carbocycles. The fourth-order valence-corrected chi connectivity index (χ4v) is 3.42. The minimum absolute atomic E-state index is 0.0954. The molecule has 0 saturated carbocycles. The minimum atomic E-state index is -0.694. The molecule has 0 spiro atoms. The van der Waals surface area contributed by atoms with Crippen molar-refractivity contribution in [3.63, 3.8) is 0 Å². The first kappa shape index (κ1) is 25.0. The van der Waals surface area contributed by atoms with E-state index in [4.69, 9.17) is 9.47 Å². The molecular weight excluding hydrogens is 428 g/mol. The van der Waals surface area contributed by atoms with Crippen molar-refractivity contribution in [2.24, 2.45) is 5.92 Å². The molecule has 0 bridgehead atoms. The molecule has 6 heteroatoms. The molecule has 0 heterocycles. The van der Waals surface area contributed by atoms with Crippen molar-refractivity contribution in [1.29, 1.82) is 0 Å². The Balaban J connectivity index is 1.46. The molecule has 0 aliphatic rings. The Hall–Kier alpha value is -3.64. The van der Waals surface area contributed by atoms with Crippen LogP contribution in [0.15, 0.2) is 84.9 Å². The number of benzene rings is 3. The Kier molecular flexibility index (Phi) is 9.67. The van der Waals surface area contributed by atoms with Crippen LogP contribution in [0, 0.1) is 5.92 Å². The third kappa shape index (κ3) is 8.37. The number of alkyl carbamates (subject to hydrolysis) is 1. The van der Waals surface area contributed by atoms with Crippen LogP contribution in [0.2, 0.25) is 0 Å². The van der Waals surface area contributed by atoms with Gasteiger partial charge in [-0.15, -0.1) is 0 Å². The van der Waals surface area contributed by atoms with E-state index in [9.17, 15) is 9.59 Å².